The molecule has 0 heterocycles. The van der Waals surface area contributed by atoms with Crippen LogP contribution in [0.2, 0.25) is 0 Å². The summed E-state index contributed by atoms with van der Waals surface area (Å²) in [5.41, 5.74) is 0. The Morgan fingerprint density at radius 1 is 1.83 bits per heavy atom. The Morgan fingerprint density at radius 2 is 2.56 bits per heavy atom. The van der Waals surface area contributed by atoms with Crippen molar-refractivity contribution in [2.75, 3.05) is 13.2 Å². The van der Waals surface area contributed by atoms with E-state index < -0.39 is 7.61 Å². The molecule has 3 nitrogen and oxygen atoms in total. The minimum absolute atomic E-state index is 0. The van der Waals surface area contributed by atoms with Crippen LogP contribution in [0.3, 0.4) is 0 Å². The number of Topliss-reactive ketones (excluding diaryl/α,β-unsaturated/α-hetero) is 1. The van der Waals surface area contributed by atoms with E-state index >= 15 is 0 Å². The number of aliphatic hydroxyl groups excluding tert-OH is 1. The quantitative estimate of drug-likeness (QED) is 0.312. The van der Waals surface area contributed by atoms with Gasteiger partial charge in [0.2, 0.25) is 0 Å². The molecule has 2 radical (unpaired) electrons. The summed E-state index contributed by atoms with van der Waals surface area (Å²) in [6, 6.07) is 0. The first kappa shape index (κ1) is 16.3. The van der Waals surface area contributed by atoms with Crippen LogP contribution in [0, 0.1) is 67.7 Å². The molecule has 0 saturated heterocycles. The minimum atomic E-state index is -1.29. The predicted molar refractivity (Wildman–Crippen MR) is 75.6 cm³/mol. The smallest absolute Gasteiger partial charge is 0.137 e. The molecular weight excluding hydrogens is 481 g/mol. The second-order valence-electron chi connectivity index (χ2n) is 4.83. The summed E-state index contributed by atoms with van der Waals surface area (Å²) in [7, 11) is -0.201. The Labute approximate surface area is 155 Å². The zero-order chi connectivity index (χ0) is 14.4. The molecule has 2 unspecified atom stereocenters. The number of ketones is 1. The maximum Gasteiger partial charge on any atom is 0.137 e. The molecule has 100 valence electrons. The average Bonchev–Trinajstić information content (AvgIpc) is 2.82. The third-order valence-corrected chi connectivity index (χ3v) is 4.62. The Kier molecular flexibility index (Phi) is 9.55. The van der Waals surface area contributed by atoms with E-state index in [1.54, 1.807) is 6.92 Å². The summed E-state index contributed by atoms with van der Waals surface area (Å²) in [5.74, 6) is 1.03. The number of hydrogen-bond donors (Lipinski definition) is 1. The molecule has 0 aromatic carbocycles. The average molecular weight is 505 g/mol. The molecule has 0 spiro atoms. The van der Waals surface area contributed by atoms with Crippen LogP contribution >= 0.6 is 19.3 Å². The van der Waals surface area contributed by atoms with Crippen molar-refractivity contribution >= 4 is 32.6 Å². The Morgan fingerprint density at radius 3 is 3.11 bits per heavy atom. The van der Waals surface area contributed by atoms with Gasteiger partial charge in [-0.1, -0.05) is 14.5 Å². The Bertz CT molecular complexity index is 307. The molecule has 7 heteroatoms. The second kappa shape index (κ2) is 10.6. The van der Waals surface area contributed by atoms with E-state index in [1.807, 2.05) is 6.92 Å². The van der Waals surface area contributed by atoms with Gasteiger partial charge in [-0.15, -0.1) is 0 Å². The van der Waals surface area contributed by atoms with E-state index in [9.17, 15) is 9.90 Å². The SMILES string of the molecule is [2H]P([B][3H])SOC[C@@H]1C[C@H](C(C)=O)C[C@H]1C(C)CO.[Ac]. The van der Waals surface area contributed by atoms with Gasteiger partial charge in [0.25, 0.3) is 0 Å². The second-order valence-corrected chi connectivity index (χ2v) is 6.50. The van der Waals surface area contributed by atoms with Crippen LogP contribution in [0.15, 0.2) is 0 Å². The van der Waals surface area contributed by atoms with E-state index in [0.29, 0.717) is 12.5 Å². The molecule has 0 amide bonds. The molecular formula is C11H21AcBO3PS. The first-order valence-corrected chi connectivity index (χ1v) is 8.21. The topological polar surface area (TPSA) is 46.5 Å². The molecule has 0 aromatic heterocycles. The molecule has 1 rings (SSSR count). The normalized spacial score (nSPS) is 31.8. The van der Waals surface area contributed by atoms with Crippen molar-refractivity contribution < 1.29 is 58.1 Å². The predicted octanol–water partition coefficient (Wildman–Crippen LogP) is 1.92. The van der Waals surface area contributed by atoms with Crippen LogP contribution in [0.4, 0.5) is 0 Å². The molecule has 1 aliphatic rings. The fourth-order valence-electron chi connectivity index (χ4n) is 2.66. The number of rotatable bonds is 8. The van der Waals surface area contributed by atoms with Crippen molar-refractivity contribution in [1.29, 1.82) is 2.61 Å². The molecule has 0 aromatic rings. The fraction of sp³-hybridized carbons (Fsp3) is 0.909. The molecule has 1 saturated carbocycles. The van der Waals surface area contributed by atoms with Crippen LogP contribution in [0.1, 0.15) is 26.7 Å². The van der Waals surface area contributed by atoms with Gasteiger partial charge in [-0.2, -0.15) is 0 Å². The standard InChI is InChI=1S/C11H21BO3PS.Ac/c1-7(5-13)11-4-9(8(2)14)3-10(11)6-15-17-16-12;/h7,9-13,16H,3-6H2,1-2H3;/t7?,9-,10-,11-,16?;/m0./s1/i12T,16D;. The molecule has 0 bridgehead atoms. The van der Waals surface area contributed by atoms with Crippen molar-refractivity contribution in [3.8, 4) is 0 Å². The van der Waals surface area contributed by atoms with Gasteiger partial charge in [0.15, 0.2) is 0 Å². The molecule has 18 heavy (non-hydrogen) atoms. The van der Waals surface area contributed by atoms with Gasteiger partial charge in [0.05, 0.1) is 7.89 Å². The van der Waals surface area contributed by atoms with Crippen molar-refractivity contribution in [3.63, 3.8) is 0 Å². The van der Waals surface area contributed by atoms with Crippen LogP contribution < -0.4 is 0 Å². The monoisotopic (exact) mass is 505 g/mol. The van der Waals surface area contributed by atoms with E-state index in [0.717, 1.165) is 32.0 Å². The Hall–Kier alpha value is 1.88. The molecule has 1 fully saturated rings. The first-order valence-electron chi connectivity index (χ1n) is 6.92. The van der Waals surface area contributed by atoms with Crippen molar-refractivity contribution in [1.82, 2.24) is 0 Å². The number of hydrogen-bond acceptors (Lipinski definition) is 4. The summed E-state index contributed by atoms with van der Waals surface area (Å²) in [5, 5.41) is 9.30. The zero-order valence-corrected chi connectivity index (χ0v) is 17.4. The van der Waals surface area contributed by atoms with Crippen LogP contribution in [0.25, 0.3) is 0 Å². The maximum atomic E-state index is 11.5. The first-order chi connectivity index (χ1) is 8.99. The summed E-state index contributed by atoms with van der Waals surface area (Å²) in [6.07, 6.45) is 1.64. The van der Waals surface area contributed by atoms with Gasteiger partial charge < -0.3 is 9.29 Å². The number of carbonyl (C=O) groups is 1. The number of carbonyl (C=O) groups excluding carboxylic acids is 1. The van der Waals surface area contributed by atoms with E-state index in [4.69, 9.17) is 6.80 Å². The van der Waals surface area contributed by atoms with E-state index in [-0.39, 0.29) is 74.2 Å². The van der Waals surface area contributed by atoms with Gasteiger partial charge in [0, 0.05) is 68.2 Å². The Balaban J connectivity index is 0.00000361. The van der Waals surface area contributed by atoms with E-state index in [1.165, 1.54) is 0 Å². The molecule has 5 atom stereocenters. The number of aliphatic hydroxyl groups is 1. The molecule has 1 N–H and O–H groups in total. The third kappa shape index (κ3) is 6.11. The van der Waals surface area contributed by atoms with Crippen LogP contribution in [-0.2, 0) is 8.98 Å². The fourth-order valence-corrected chi connectivity index (χ4v) is 3.32. The van der Waals surface area contributed by atoms with Gasteiger partial charge in [0.1, 0.15) is 13.3 Å². The van der Waals surface area contributed by atoms with Gasteiger partial charge in [-0.3, -0.25) is 4.79 Å². The van der Waals surface area contributed by atoms with Gasteiger partial charge in [-0.05, 0) is 38.9 Å². The minimum Gasteiger partial charge on any atom is -0.396 e. The largest absolute Gasteiger partial charge is 0.396 e. The summed E-state index contributed by atoms with van der Waals surface area (Å²) in [6.45, 7) is 4.25. The van der Waals surface area contributed by atoms with Crippen molar-refractivity contribution in [2.24, 2.45) is 23.7 Å². The summed E-state index contributed by atoms with van der Waals surface area (Å²) >= 11 is 1.04. The van der Waals surface area contributed by atoms with Gasteiger partial charge in [-0.25, -0.2) is 0 Å². The molecule has 0 aliphatic heterocycles. The third-order valence-electron chi connectivity index (χ3n) is 3.72. The van der Waals surface area contributed by atoms with Crippen LogP contribution in [-0.4, -0.2) is 34.2 Å². The van der Waals surface area contributed by atoms with Gasteiger partial charge >= 0.3 is 0 Å². The zero-order valence-electron chi connectivity index (χ0n) is 12.9. The van der Waals surface area contributed by atoms with E-state index in [2.05, 4.69) is 0 Å². The summed E-state index contributed by atoms with van der Waals surface area (Å²) < 4.78 is 19.8. The summed E-state index contributed by atoms with van der Waals surface area (Å²) in [4.78, 5) is 11.5. The van der Waals surface area contributed by atoms with Crippen LogP contribution in [0.5, 0.6) is 0 Å². The maximum absolute atomic E-state index is 11.5. The van der Waals surface area contributed by atoms with Crippen molar-refractivity contribution in [3.05, 3.63) is 0 Å². The van der Waals surface area contributed by atoms with Crippen molar-refractivity contribution in [2.45, 2.75) is 26.7 Å². The molecule has 1 aliphatic carbocycles.